The van der Waals surface area contributed by atoms with Crippen LogP contribution < -0.4 is 0 Å². The van der Waals surface area contributed by atoms with Gasteiger partial charge in [0.1, 0.15) is 0 Å². The van der Waals surface area contributed by atoms with E-state index < -0.39 is 17.7 Å². The first-order chi connectivity index (χ1) is 9.38. The second-order valence-corrected chi connectivity index (χ2v) is 4.03. The highest BCUT2D eigenvalue weighted by Crippen LogP contribution is 2.35. The molecule has 0 aliphatic rings. The van der Waals surface area contributed by atoms with Gasteiger partial charge in [-0.25, -0.2) is 9.97 Å². The summed E-state index contributed by atoms with van der Waals surface area (Å²) in [7, 11) is 0. The highest BCUT2D eigenvalue weighted by atomic mass is 19.4. The zero-order chi connectivity index (χ0) is 14.8. The molecule has 0 atom stereocenters. The van der Waals surface area contributed by atoms with Crippen LogP contribution in [0.4, 0.5) is 13.2 Å². The summed E-state index contributed by atoms with van der Waals surface area (Å²) in [5.74, 6) is -1.15. The van der Waals surface area contributed by atoms with E-state index in [9.17, 15) is 18.0 Å². The first-order valence-corrected chi connectivity index (χ1v) is 5.57. The lowest BCUT2D eigenvalue weighted by molar-refractivity contribution is -0.137. The zero-order valence-electron chi connectivity index (χ0n) is 10.1. The third-order valence-corrected chi connectivity index (χ3v) is 2.53. The van der Waals surface area contributed by atoms with Crippen molar-refractivity contribution in [3.8, 4) is 11.4 Å². The highest BCUT2D eigenvalue weighted by Gasteiger charge is 2.33. The number of alkyl halides is 3. The Kier molecular flexibility index (Phi) is 3.69. The van der Waals surface area contributed by atoms with Crippen LogP contribution in [0.5, 0.6) is 0 Å². The Labute approximate surface area is 111 Å². The molecule has 7 heteroatoms. The molecule has 2 rings (SSSR count). The number of nitrogens with zero attached hydrogens (tertiary/aromatic N) is 2. The molecule has 104 valence electrons. The van der Waals surface area contributed by atoms with Crippen LogP contribution >= 0.6 is 0 Å². The van der Waals surface area contributed by atoms with E-state index in [0.717, 1.165) is 6.07 Å². The van der Waals surface area contributed by atoms with Crippen molar-refractivity contribution in [2.75, 3.05) is 0 Å². The third-order valence-electron chi connectivity index (χ3n) is 2.53. The van der Waals surface area contributed by atoms with Crippen LogP contribution in [0, 0.1) is 0 Å². The van der Waals surface area contributed by atoms with E-state index >= 15 is 0 Å². The molecule has 0 saturated heterocycles. The number of aliphatic carboxylic acids is 1. The average molecular weight is 282 g/mol. The molecule has 1 aromatic carbocycles. The van der Waals surface area contributed by atoms with E-state index in [1.807, 2.05) is 0 Å². The van der Waals surface area contributed by atoms with Gasteiger partial charge >= 0.3 is 12.1 Å². The SMILES string of the molecule is O=C(O)Cc1cnc(-c2ccccc2C(F)(F)F)nc1. The summed E-state index contributed by atoms with van der Waals surface area (Å²) in [6.07, 6.45) is -2.35. The maximum atomic E-state index is 12.9. The number of carbonyl (C=O) groups is 1. The predicted octanol–water partition coefficient (Wildman–Crippen LogP) is 2.79. The molecule has 0 fully saturated rings. The molecule has 0 aliphatic carbocycles. The van der Waals surface area contributed by atoms with Gasteiger partial charge in [-0.05, 0) is 11.6 Å². The van der Waals surface area contributed by atoms with Crippen molar-refractivity contribution in [1.29, 1.82) is 0 Å². The molecule has 0 saturated carbocycles. The van der Waals surface area contributed by atoms with Gasteiger partial charge in [0.05, 0.1) is 12.0 Å². The largest absolute Gasteiger partial charge is 0.481 e. The van der Waals surface area contributed by atoms with Gasteiger partial charge in [-0.1, -0.05) is 18.2 Å². The van der Waals surface area contributed by atoms with Crippen molar-refractivity contribution in [3.05, 3.63) is 47.8 Å². The Hall–Kier alpha value is -2.44. The second kappa shape index (κ2) is 5.28. The molecule has 2 aromatic rings. The van der Waals surface area contributed by atoms with Crippen molar-refractivity contribution in [1.82, 2.24) is 9.97 Å². The van der Waals surface area contributed by atoms with Crippen molar-refractivity contribution in [2.24, 2.45) is 0 Å². The van der Waals surface area contributed by atoms with Crippen molar-refractivity contribution >= 4 is 5.97 Å². The summed E-state index contributed by atoms with van der Waals surface area (Å²) in [4.78, 5) is 18.1. The number of halogens is 3. The van der Waals surface area contributed by atoms with Gasteiger partial charge in [0.2, 0.25) is 0 Å². The van der Waals surface area contributed by atoms with Crippen LogP contribution in [0.3, 0.4) is 0 Å². The highest BCUT2D eigenvalue weighted by molar-refractivity contribution is 5.70. The summed E-state index contributed by atoms with van der Waals surface area (Å²) in [6, 6.07) is 4.96. The molecular weight excluding hydrogens is 273 g/mol. The molecule has 20 heavy (non-hydrogen) atoms. The van der Waals surface area contributed by atoms with Gasteiger partial charge in [0.25, 0.3) is 0 Å². The van der Waals surface area contributed by atoms with E-state index in [2.05, 4.69) is 9.97 Å². The number of benzene rings is 1. The maximum absolute atomic E-state index is 12.9. The van der Waals surface area contributed by atoms with Crippen molar-refractivity contribution < 1.29 is 23.1 Å². The first-order valence-electron chi connectivity index (χ1n) is 5.57. The molecule has 0 aliphatic heterocycles. The summed E-state index contributed by atoms with van der Waals surface area (Å²) < 4.78 is 38.6. The molecule has 0 amide bonds. The Bertz CT molecular complexity index is 624. The van der Waals surface area contributed by atoms with Crippen molar-refractivity contribution in [2.45, 2.75) is 12.6 Å². The number of aromatic nitrogens is 2. The quantitative estimate of drug-likeness (QED) is 0.940. The fourth-order valence-electron chi connectivity index (χ4n) is 1.69. The number of carboxylic acids is 1. The molecule has 4 nitrogen and oxygen atoms in total. The minimum atomic E-state index is -4.50. The topological polar surface area (TPSA) is 63.1 Å². The standard InChI is InChI=1S/C13H9F3N2O2/c14-13(15,16)10-4-2-1-3-9(10)12-17-6-8(7-18-12)5-11(19)20/h1-4,6-7H,5H2,(H,19,20). The lowest BCUT2D eigenvalue weighted by Gasteiger charge is -2.11. The van der Waals surface area contributed by atoms with Gasteiger partial charge in [-0.3, -0.25) is 4.79 Å². The predicted molar refractivity (Wildman–Crippen MR) is 63.8 cm³/mol. The summed E-state index contributed by atoms with van der Waals surface area (Å²) >= 11 is 0. The Balaban J connectivity index is 2.40. The van der Waals surface area contributed by atoms with Gasteiger partial charge in [-0.2, -0.15) is 13.2 Å². The zero-order valence-corrected chi connectivity index (χ0v) is 10.1. The molecule has 1 N–H and O–H groups in total. The van der Waals surface area contributed by atoms with Crippen LogP contribution in [-0.2, 0) is 17.4 Å². The Morgan fingerprint density at radius 3 is 2.30 bits per heavy atom. The van der Waals surface area contributed by atoms with Crippen LogP contribution in [-0.4, -0.2) is 21.0 Å². The lowest BCUT2D eigenvalue weighted by atomic mass is 10.1. The number of rotatable bonds is 3. The van der Waals surface area contributed by atoms with Gasteiger partial charge in [-0.15, -0.1) is 0 Å². The molecule has 0 radical (unpaired) electrons. The number of carboxylic acid groups (broad SMARTS) is 1. The van der Waals surface area contributed by atoms with Crippen LogP contribution in [0.1, 0.15) is 11.1 Å². The molecule has 1 aromatic heterocycles. The van der Waals surface area contributed by atoms with E-state index in [1.54, 1.807) is 0 Å². The summed E-state index contributed by atoms with van der Waals surface area (Å²) in [5, 5.41) is 8.60. The molecule has 0 bridgehead atoms. The van der Waals surface area contributed by atoms with Crippen molar-refractivity contribution in [3.63, 3.8) is 0 Å². The summed E-state index contributed by atoms with van der Waals surface area (Å²) in [6.45, 7) is 0. The smallest absolute Gasteiger partial charge is 0.417 e. The van der Waals surface area contributed by atoms with E-state index in [0.29, 0.717) is 5.56 Å². The second-order valence-electron chi connectivity index (χ2n) is 4.03. The maximum Gasteiger partial charge on any atom is 0.417 e. The number of hydrogen-bond acceptors (Lipinski definition) is 3. The fourth-order valence-corrected chi connectivity index (χ4v) is 1.69. The van der Waals surface area contributed by atoms with Gasteiger partial charge in [0.15, 0.2) is 5.82 Å². The van der Waals surface area contributed by atoms with Crippen LogP contribution in [0.2, 0.25) is 0 Å². The van der Waals surface area contributed by atoms with Gasteiger partial charge < -0.3 is 5.11 Å². The first kappa shape index (κ1) is 14.0. The summed E-state index contributed by atoms with van der Waals surface area (Å²) in [5.41, 5.74) is -0.640. The fraction of sp³-hybridized carbons (Fsp3) is 0.154. The van der Waals surface area contributed by atoms with Crippen LogP contribution in [0.15, 0.2) is 36.7 Å². The Morgan fingerprint density at radius 2 is 1.75 bits per heavy atom. The van der Waals surface area contributed by atoms with E-state index in [4.69, 9.17) is 5.11 Å². The third kappa shape index (κ3) is 3.11. The minimum Gasteiger partial charge on any atom is -0.481 e. The lowest BCUT2D eigenvalue weighted by Crippen LogP contribution is -2.08. The Morgan fingerprint density at radius 1 is 1.15 bits per heavy atom. The monoisotopic (exact) mass is 282 g/mol. The van der Waals surface area contributed by atoms with E-state index in [1.165, 1.54) is 30.6 Å². The molecule has 1 heterocycles. The number of hydrogen-bond donors (Lipinski definition) is 1. The molecular formula is C13H9F3N2O2. The molecule has 0 spiro atoms. The van der Waals surface area contributed by atoms with E-state index in [-0.39, 0.29) is 17.8 Å². The molecule has 0 unspecified atom stereocenters. The minimum absolute atomic E-state index is 0.0907. The van der Waals surface area contributed by atoms with Crippen LogP contribution in [0.25, 0.3) is 11.4 Å². The van der Waals surface area contributed by atoms with Gasteiger partial charge in [0, 0.05) is 18.0 Å². The average Bonchev–Trinajstić information content (AvgIpc) is 2.38. The normalized spacial score (nSPS) is 11.3.